The summed E-state index contributed by atoms with van der Waals surface area (Å²) < 4.78 is 24.2. The minimum Gasteiger partial charge on any atom is -0.493 e. The highest BCUT2D eigenvalue weighted by molar-refractivity contribution is 6.01. The van der Waals surface area contributed by atoms with Gasteiger partial charge in [0.15, 0.2) is 17.3 Å². The molecule has 35 heavy (non-hydrogen) atoms. The summed E-state index contributed by atoms with van der Waals surface area (Å²) in [5, 5.41) is 7.02. The number of allylic oxidation sites excluding steroid dienone is 1. The molecule has 2 N–H and O–H groups in total. The van der Waals surface area contributed by atoms with Gasteiger partial charge < -0.3 is 20.1 Å². The molecule has 0 aromatic heterocycles. The topological polar surface area (TPSA) is 76.7 Å². The molecule has 7 heteroatoms. The lowest BCUT2D eigenvalue weighted by Gasteiger charge is -2.30. The van der Waals surface area contributed by atoms with Crippen LogP contribution in [0.3, 0.4) is 0 Å². The average molecular weight is 473 g/mol. The van der Waals surface area contributed by atoms with E-state index in [1.54, 1.807) is 24.3 Å². The summed E-state index contributed by atoms with van der Waals surface area (Å²) in [5.74, 6) is -0.0626. The van der Waals surface area contributed by atoms with E-state index < -0.39 is 12.0 Å². The Balaban J connectivity index is 1.59. The number of anilines is 2. The fourth-order valence-corrected chi connectivity index (χ4v) is 4.82. The normalized spacial score (nSPS) is 19.0. The second kappa shape index (κ2) is 9.25. The minimum atomic E-state index is -0.443. The van der Waals surface area contributed by atoms with E-state index in [1.165, 1.54) is 26.2 Å². The Morgan fingerprint density at radius 2 is 1.66 bits per heavy atom. The van der Waals surface area contributed by atoms with E-state index >= 15 is 0 Å². The molecule has 0 spiro atoms. The fourth-order valence-electron chi connectivity index (χ4n) is 4.82. The number of esters is 1. The number of ketones is 1. The summed E-state index contributed by atoms with van der Waals surface area (Å²) in [5.41, 5.74) is 4.96. The molecule has 0 amide bonds. The van der Waals surface area contributed by atoms with Gasteiger partial charge in [-0.2, -0.15) is 0 Å². The molecular weight excluding hydrogens is 447 g/mol. The van der Waals surface area contributed by atoms with Crippen molar-refractivity contribution in [2.24, 2.45) is 0 Å². The molecule has 1 heterocycles. The lowest BCUT2D eigenvalue weighted by molar-refractivity contribution is -0.132. The SMILES string of the molecule is COc1cc(C2Nc3ccccc3NC3=C2C(=O)CC(c2ccc(F)cc2)C3)ccc1OC(C)=O. The number of nitrogens with one attached hydrogen (secondary N) is 2. The molecule has 0 bridgehead atoms. The largest absolute Gasteiger partial charge is 0.493 e. The van der Waals surface area contributed by atoms with E-state index in [-0.39, 0.29) is 17.5 Å². The van der Waals surface area contributed by atoms with Gasteiger partial charge in [-0.05, 0) is 59.9 Å². The third kappa shape index (κ3) is 4.49. The number of carbonyl (C=O) groups is 2. The standard InChI is InChI=1S/C28H25FN2O4/c1-16(32)35-25-12-9-18(15-26(25)34-2)28-27-23(30-21-5-3-4-6-22(21)31-28)13-19(14-24(27)33)17-7-10-20(29)11-8-17/h3-12,15,19,28,30-31H,13-14H2,1-2H3. The van der Waals surface area contributed by atoms with E-state index in [0.29, 0.717) is 29.9 Å². The summed E-state index contributed by atoms with van der Waals surface area (Å²) in [6.07, 6.45) is 0.936. The summed E-state index contributed by atoms with van der Waals surface area (Å²) >= 11 is 0. The van der Waals surface area contributed by atoms with Crippen molar-refractivity contribution in [2.45, 2.75) is 31.7 Å². The molecule has 6 nitrogen and oxygen atoms in total. The third-order valence-electron chi connectivity index (χ3n) is 6.43. The van der Waals surface area contributed by atoms with Gasteiger partial charge in [0.05, 0.1) is 24.5 Å². The first-order valence-electron chi connectivity index (χ1n) is 11.4. The maximum absolute atomic E-state index is 13.6. The molecule has 0 saturated carbocycles. The number of Topliss-reactive ketones (excluding diaryl/α,β-unsaturated/α-hetero) is 1. The van der Waals surface area contributed by atoms with Crippen LogP contribution >= 0.6 is 0 Å². The molecule has 2 atom stereocenters. The van der Waals surface area contributed by atoms with Crippen molar-refractivity contribution in [1.82, 2.24) is 0 Å². The van der Waals surface area contributed by atoms with Crippen LogP contribution in [0.15, 0.2) is 78.0 Å². The van der Waals surface area contributed by atoms with Gasteiger partial charge in [-0.3, -0.25) is 9.59 Å². The monoisotopic (exact) mass is 472 g/mol. The van der Waals surface area contributed by atoms with Crippen molar-refractivity contribution in [3.8, 4) is 11.5 Å². The minimum absolute atomic E-state index is 0.0152. The Morgan fingerprint density at radius 3 is 2.37 bits per heavy atom. The van der Waals surface area contributed by atoms with Crippen molar-refractivity contribution in [3.05, 3.63) is 94.9 Å². The zero-order valence-electron chi connectivity index (χ0n) is 19.4. The second-order valence-electron chi connectivity index (χ2n) is 8.72. The number of rotatable bonds is 4. The van der Waals surface area contributed by atoms with E-state index in [4.69, 9.17) is 9.47 Å². The Kier molecular flexibility index (Phi) is 5.99. The zero-order chi connectivity index (χ0) is 24.5. The molecule has 1 aliphatic heterocycles. The predicted molar refractivity (Wildman–Crippen MR) is 131 cm³/mol. The van der Waals surface area contributed by atoms with Crippen LogP contribution < -0.4 is 20.1 Å². The first-order chi connectivity index (χ1) is 16.9. The third-order valence-corrected chi connectivity index (χ3v) is 6.43. The maximum atomic E-state index is 13.6. The van der Waals surface area contributed by atoms with Crippen LogP contribution in [0.1, 0.15) is 42.9 Å². The molecule has 2 unspecified atom stereocenters. The summed E-state index contributed by atoms with van der Waals surface area (Å²) in [6, 6.07) is 19.0. The van der Waals surface area contributed by atoms with Gasteiger partial charge in [0.2, 0.25) is 0 Å². The van der Waals surface area contributed by atoms with Crippen LogP contribution in [-0.4, -0.2) is 18.9 Å². The van der Waals surface area contributed by atoms with Gasteiger partial charge in [-0.25, -0.2) is 4.39 Å². The number of halogens is 1. The van der Waals surface area contributed by atoms with Crippen molar-refractivity contribution in [2.75, 3.05) is 17.7 Å². The van der Waals surface area contributed by atoms with Gasteiger partial charge in [0, 0.05) is 24.6 Å². The maximum Gasteiger partial charge on any atom is 0.308 e. The van der Waals surface area contributed by atoms with Gasteiger partial charge in [0.25, 0.3) is 0 Å². The highest BCUT2D eigenvalue weighted by Gasteiger charge is 2.36. The number of para-hydroxylation sites is 2. The van der Waals surface area contributed by atoms with Gasteiger partial charge in [0.1, 0.15) is 5.82 Å². The van der Waals surface area contributed by atoms with Crippen LogP contribution in [0.4, 0.5) is 15.8 Å². The number of carbonyl (C=O) groups excluding carboxylic acids is 2. The molecule has 2 aliphatic rings. The van der Waals surface area contributed by atoms with Crippen molar-refractivity contribution in [1.29, 1.82) is 0 Å². The Labute approximate surface area is 202 Å². The summed E-state index contributed by atoms with van der Waals surface area (Å²) in [6.45, 7) is 1.33. The smallest absolute Gasteiger partial charge is 0.308 e. The molecule has 5 rings (SSSR count). The van der Waals surface area contributed by atoms with E-state index in [0.717, 1.165) is 28.2 Å². The van der Waals surface area contributed by atoms with Crippen molar-refractivity contribution in [3.63, 3.8) is 0 Å². The first-order valence-corrected chi connectivity index (χ1v) is 11.4. The van der Waals surface area contributed by atoms with Crippen LogP contribution in [-0.2, 0) is 9.59 Å². The number of hydrogen-bond acceptors (Lipinski definition) is 6. The van der Waals surface area contributed by atoms with E-state index in [2.05, 4.69) is 10.6 Å². The molecule has 1 aliphatic carbocycles. The quantitative estimate of drug-likeness (QED) is 0.373. The molecular formula is C28H25FN2O4. The lowest BCUT2D eigenvalue weighted by atomic mass is 9.78. The number of benzene rings is 3. The number of hydrogen-bond donors (Lipinski definition) is 2. The van der Waals surface area contributed by atoms with E-state index in [9.17, 15) is 14.0 Å². The molecule has 3 aromatic rings. The number of methoxy groups -OCH3 is 1. The Bertz CT molecular complexity index is 1330. The predicted octanol–water partition coefficient (Wildman–Crippen LogP) is 5.74. The van der Waals surface area contributed by atoms with Gasteiger partial charge >= 0.3 is 5.97 Å². The van der Waals surface area contributed by atoms with Crippen molar-refractivity contribution < 1.29 is 23.5 Å². The van der Waals surface area contributed by atoms with Crippen LogP contribution in [0.25, 0.3) is 0 Å². The first kappa shape index (κ1) is 22.7. The van der Waals surface area contributed by atoms with Crippen molar-refractivity contribution >= 4 is 23.1 Å². The Hall–Kier alpha value is -4.13. The molecule has 178 valence electrons. The number of fused-ring (bicyclic) bond motifs is 1. The van der Waals surface area contributed by atoms with Crippen LogP contribution in [0.2, 0.25) is 0 Å². The lowest BCUT2D eigenvalue weighted by Crippen LogP contribution is -2.27. The van der Waals surface area contributed by atoms with Crippen LogP contribution in [0.5, 0.6) is 11.5 Å². The summed E-state index contributed by atoms with van der Waals surface area (Å²) in [4.78, 5) is 25.1. The summed E-state index contributed by atoms with van der Waals surface area (Å²) in [7, 11) is 1.51. The average Bonchev–Trinajstić information content (AvgIpc) is 3.01. The second-order valence-corrected chi connectivity index (χ2v) is 8.72. The highest BCUT2D eigenvalue weighted by atomic mass is 19.1. The number of ether oxygens (including phenoxy) is 2. The van der Waals surface area contributed by atoms with Gasteiger partial charge in [-0.15, -0.1) is 0 Å². The van der Waals surface area contributed by atoms with Gasteiger partial charge in [-0.1, -0.05) is 30.3 Å². The highest BCUT2D eigenvalue weighted by Crippen LogP contribution is 2.45. The zero-order valence-corrected chi connectivity index (χ0v) is 19.4. The molecule has 0 radical (unpaired) electrons. The Morgan fingerprint density at radius 1 is 0.943 bits per heavy atom. The van der Waals surface area contributed by atoms with E-state index in [1.807, 2.05) is 30.3 Å². The fraction of sp³-hybridized carbons (Fsp3) is 0.214. The molecule has 0 saturated heterocycles. The van der Waals surface area contributed by atoms with Crippen LogP contribution in [0, 0.1) is 5.82 Å². The molecule has 0 fully saturated rings. The molecule has 3 aromatic carbocycles.